The lowest BCUT2D eigenvalue weighted by molar-refractivity contribution is 0.432. The van der Waals surface area contributed by atoms with Gasteiger partial charge in [-0.25, -0.2) is 4.39 Å². The monoisotopic (exact) mass is 184 g/mol. The molecule has 0 amide bonds. The molecule has 1 aromatic carbocycles. The zero-order valence-corrected chi connectivity index (χ0v) is 7.42. The number of hydrogen-bond donors (Lipinski definition) is 3. The molecule has 0 aliphatic rings. The first kappa shape index (κ1) is 9.80. The average molecular weight is 184 g/mol. The van der Waals surface area contributed by atoms with Crippen LogP contribution in [0.5, 0.6) is 5.75 Å². The second-order valence-corrected chi connectivity index (χ2v) is 2.95. The Bertz CT molecular complexity index is 291. The highest BCUT2D eigenvalue weighted by atomic mass is 19.1. The van der Waals surface area contributed by atoms with E-state index in [-0.39, 0.29) is 11.8 Å². The Morgan fingerprint density at radius 1 is 1.62 bits per heavy atom. The Morgan fingerprint density at radius 2 is 2.31 bits per heavy atom. The van der Waals surface area contributed by atoms with Crippen molar-refractivity contribution in [1.29, 1.82) is 0 Å². The zero-order valence-electron chi connectivity index (χ0n) is 7.42. The summed E-state index contributed by atoms with van der Waals surface area (Å²) in [7, 11) is 0. The third-order valence-corrected chi connectivity index (χ3v) is 1.71. The van der Waals surface area contributed by atoms with E-state index in [4.69, 9.17) is 10.8 Å². The summed E-state index contributed by atoms with van der Waals surface area (Å²) in [4.78, 5) is 0. The summed E-state index contributed by atoms with van der Waals surface area (Å²) in [5, 5.41) is 11.9. The van der Waals surface area contributed by atoms with E-state index in [1.54, 1.807) is 6.07 Å². The van der Waals surface area contributed by atoms with Gasteiger partial charge in [0.15, 0.2) is 11.6 Å². The normalized spacial score (nSPS) is 12.5. The highest BCUT2D eigenvalue weighted by Gasteiger charge is 2.03. The number of nitrogens with one attached hydrogen (secondary N) is 1. The lowest BCUT2D eigenvalue weighted by Gasteiger charge is -2.12. The van der Waals surface area contributed by atoms with Gasteiger partial charge in [0.1, 0.15) is 0 Å². The predicted octanol–water partition coefficient (Wildman–Crippen LogP) is 1.29. The number of halogens is 1. The van der Waals surface area contributed by atoms with Gasteiger partial charge in [0.2, 0.25) is 0 Å². The number of rotatable bonds is 3. The molecule has 72 valence electrons. The van der Waals surface area contributed by atoms with Crippen molar-refractivity contribution in [2.45, 2.75) is 13.0 Å². The molecule has 0 radical (unpaired) electrons. The Balaban J connectivity index is 2.73. The number of phenols is 1. The smallest absolute Gasteiger partial charge is 0.166 e. The van der Waals surface area contributed by atoms with Crippen LogP contribution >= 0.6 is 0 Å². The molecule has 0 aromatic heterocycles. The van der Waals surface area contributed by atoms with Crippen LogP contribution in [0.1, 0.15) is 6.92 Å². The average Bonchev–Trinajstić information content (AvgIpc) is 2.11. The standard InChI is InChI=1S/C9H13FN2O/c1-6(5-11)12-7-2-3-9(13)8(10)4-7/h2-4,6,12-13H,5,11H2,1H3. The molecule has 0 aliphatic carbocycles. The van der Waals surface area contributed by atoms with Crippen LogP contribution in [-0.2, 0) is 0 Å². The molecular formula is C9H13FN2O. The summed E-state index contributed by atoms with van der Waals surface area (Å²) in [6.07, 6.45) is 0. The first-order chi connectivity index (χ1) is 6.13. The molecule has 0 spiro atoms. The molecule has 0 aliphatic heterocycles. The molecule has 4 N–H and O–H groups in total. The van der Waals surface area contributed by atoms with Crippen LogP contribution in [0.4, 0.5) is 10.1 Å². The zero-order chi connectivity index (χ0) is 9.84. The number of anilines is 1. The van der Waals surface area contributed by atoms with Crippen LogP contribution in [0.2, 0.25) is 0 Å². The van der Waals surface area contributed by atoms with Gasteiger partial charge in [-0.05, 0) is 19.1 Å². The van der Waals surface area contributed by atoms with Crippen LogP contribution in [0.15, 0.2) is 18.2 Å². The molecular weight excluding hydrogens is 171 g/mol. The predicted molar refractivity (Wildman–Crippen MR) is 50.2 cm³/mol. The van der Waals surface area contributed by atoms with Crippen LogP contribution < -0.4 is 11.1 Å². The van der Waals surface area contributed by atoms with Gasteiger partial charge in [-0.2, -0.15) is 0 Å². The number of aromatic hydroxyl groups is 1. The molecule has 0 saturated carbocycles. The van der Waals surface area contributed by atoms with E-state index in [1.807, 2.05) is 6.92 Å². The van der Waals surface area contributed by atoms with Crippen molar-refractivity contribution in [3.05, 3.63) is 24.0 Å². The third-order valence-electron chi connectivity index (χ3n) is 1.71. The Morgan fingerprint density at radius 3 is 2.85 bits per heavy atom. The van der Waals surface area contributed by atoms with E-state index in [9.17, 15) is 4.39 Å². The summed E-state index contributed by atoms with van der Waals surface area (Å²) < 4.78 is 12.8. The lowest BCUT2D eigenvalue weighted by Crippen LogP contribution is -2.25. The third kappa shape index (κ3) is 2.59. The Hall–Kier alpha value is -1.29. The highest BCUT2D eigenvalue weighted by Crippen LogP contribution is 2.19. The van der Waals surface area contributed by atoms with Crippen LogP contribution in [0, 0.1) is 5.82 Å². The van der Waals surface area contributed by atoms with Crippen LogP contribution in [0.3, 0.4) is 0 Å². The molecule has 1 rings (SSSR count). The van der Waals surface area contributed by atoms with E-state index in [0.717, 1.165) is 0 Å². The van der Waals surface area contributed by atoms with Crippen LogP contribution in [0.25, 0.3) is 0 Å². The summed E-state index contributed by atoms with van der Waals surface area (Å²) in [6.45, 7) is 2.37. The van der Waals surface area contributed by atoms with Gasteiger partial charge < -0.3 is 16.2 Å². The van der Waals surface area contributed by atoms with Gasteiger partial charge in [0.25, 0.3) is 0 Å². The largest absolute Gasteiger partial charge is 0.505 e. The van der Waals surface area contributed by atoms with Gasteiger partial charge in [0.05, 0.1) is 0 Å². The lowest BCUT2D eigenvalue weighted by atomic mass is 10.2. The van der Waals surface area contributed by atoms with Crippen molar-refractivity contribution >= 4 is 5.69 Å². The van der Waals surface area contributed by atoms with Crippen molar-refractivity contribution in [3.63, 3.8) is 0 Å². The number of benzene rings is 1. The quantitative estimate of drug-likeness (QED) is 0.620. The summed E-state index contributed by atoms with van der Waals surface area (Å²) >= 11 is 0. The maximum absolute atomic E-state index is 12.8. The number of nitrogens with two attached hydrogens (primary N) is 1. The second-order valence-electron chi connectivity index (χ2n) is 2.95. The van der Waals surface area contributed by atoms with Crippen molar-refractivity contribution < 1.29 is 9.50 Å². The fraction of sp³-hybridized carbons (Fsp3) is 0.333. The topological polar surface area (TPSA) is 58.3 Å². The highest BCUT2D eigenvalue weighted by molar-refractivity contribution is 5.47. The molecule has 4 heteroatoms. The van der Waals surface area contributed by atoms with Crippen molar-refractivity contribution in [3.8, 4) is 5.75 Å². The van der Waals surface area contributed by atoms with E-state index in [0.29, 0.717) is 12.2 Å². The van der Waals surface area contributed by atoms with Gasteiger partial charge in [-0.3, -0.25) is 0 Å². The van der Waals surface area contributed by atoms with Gasteiger partial charge in [-0.1, -0.05) is 0 Å². The Kier molecular flexibility index (Phi) is 3.08. The molecule has 1 unspecified atom stereocenters. The SMILES string of the molecule is CC(CN)Nc1ccc(O)c(F)c1. The minimum Gasteiger partial charge on any atom is -0.505 e. The second kappa shape index (κ2) is 4.09. The maximum atomic E-state index is 12.8. The molecule has 1 atom stereocenters. The molecule has 13 heavy (non-hydrogen) atoms. The number of phenolic OH excluding ortho intramolecular Hbond substituents is 1. The van der Waals surface area contributed by atoms with E-state index >= 15 is 0 Å². The first-order valence-electron chi connectivity index (χ1n) is 4.08. The van der Waals surface area contributed by atoms with E-state index in [1.165, 1.54) is 12.1 Å². The summed E-state index contributed by atoms with van der Waals surface area (Å²) in [6, 6.07) is 4.23. The van der Waals surface area contributed by atoms with Crippen molar-refractivity contribution in [1.82, 2.24) is 0 Å². The Labute approximate surface area is 76.4 Å². The van der Waals surface area contributed by atoms with E-state index < -0.39 is 5.82 Å². The molecule has 0 fully saturated rings. The molecule has 1 aromatic rings. The number of hydrogen-bond acceptors (Lipinski definition) is 3. The van der Waals surface area contributed by atoms with Gasteiger partial charge in [-0.15, -0.1) is 0 Å². The fourth-order valence-corrected chi connectivity index (χ4v) is 0.940. The molecule has 0 heterocycles. The van der Waals surface area contributed by atoms with Gasteiger partial charge >= 0.3 is 0 Å². The van der Waals surface area contributed by atoms with Crippen LogP contribution in [-0.4, -0.2) is 17.7 Å². The maximum Gasteiger partial charge on any atom is 0.166 e. The van der Waals surface area contributed by atoms with E-state index in [2.05, 4.69) is 5.32 Å². The minimum absolute atomic E-state index is 0.0870. The van der Waals surface area contributed by atoms with Gasteiger partial charge in [0, 0.05) is 24.3 Å². The minimum atomic E-state index is -0.630. The van der Waals surface area contributed by atoms with Crippen molar-refractivity contribution in [2.24, 2.45) is 5.73 Å². The summed E-state index contributed by atoms with van der Waals surface area (Å²) in [5.41, 5.74) is 6.00. The first-order valence-corrected chi connectivity index (χ1v) is 4.08. The molecule has 3 nitrogen and oxygen atoms in total. The van der Waals surface area contributed by atoms with Crippen molar-refractivity contribution in [2.75, 3.05) is 11.9 Å². The molecule has 0 saturated heterocycles. The molecule has 0 bridgehead atoms. The fourth-order valence-electron chi connectivity index (χ4n) is 0.940. The summed E-state index contributed by atoms with van der Waals surface area (Å²) in [5.74, 6) is -0.972.